The minimum absolute atomic E-state index is 0.0711. The first kappa shape index (κ1) is 41.8. The third kappa shape index (κ3) is 13.2. The molecular weight excluding hydrogens is 697 g/mol. The fourth-order valence-electron chi connectivity index (χ4n) is 6.55. The third-order valence-corrected chi connectivity index (χ3v) is 10.5. The van der Waals surface area contributed by atoms with Gasteiger partial charge in [0.1, 0.15) is 30.5 Å². The van der Waals surface area contributed by atoms with Crippen molar-refractivity contribution in [2.45, 2.75) is 154 Å². The molecule has 4 N–H and O–H groups in total. The van der Waals surface area contributed by atoms with Gasteiger partial charge in [-0.2, -0.15) is 4.98 Å². The van der Waals surface area contributed by atoms with Crippen LogP contribution in [-0.2, 0) is 27.9 Å². The van der Waals surface area contributed by atoms with Gasteiger partial charge < -0.3 is 24.8 Å². The number of unbranched alkanes of at least 4 members (excludes halogenated alkanes) is 12. The molecule has 2 aliphatic heterocycles. The average Bonchev–Trinajstić information content (AvgIpc) is 3.74. The summed E-state index contributed by atoms with van der Waals surface area (Å²) < 4.78 is 37.3. The van der Waals surface area contributed by atoms with E-state index in [4.69, 9.17) is 18.5 Å². The number of hydrogen-bond acceptors (Lipinski definition) is 11. The molecule has 1 amide bonds. The van der Waals surface area contributed by atoms with E-state index in [9.17, 15) is 33.7 Å². The van der Waals surface area contributed by atoms with E-state index in [-0.39, 0.29) is 30.3 Å². The number of phosphoric ester groups is 1. The molecule has 0 saturated carbocycles. The molecule has 0 bridgehead atoms. The largest absolute Gasteiger partial charge is 0.472 e. The number of hydrogen-bond donors (Lipinski definition) is 4. The summed E-state index contributed by atoms with van der Waals surface area (Å²) in [6, 6.07) is 1.53. The lowest BCUT2D eigenvalue weighted by atomic mass is 10.0. The standard InChI is InChI=1S/C35H56N5O11P/c1-3-4-5-6-7-8-9-10-11-12-13-14-15-16-30(42)36-29-19-20-39(34(44)37-29)31-18-17-26(49-31)24-48-52(46,47)51-27-21-32(50-28(27)23-41)40-22-25(2)33(43)38-35(40)45/h19-20,22,26-28,31-32,41H,3-18,21,23-24H2,1-2H3,(H,46,47)(H,38,43,45)(H,36,37,42,44). The number of aryl methyl sites for hydroxylation is 1. The molecule has 17 heteroatoms. The molecule has 0 aliphatic carbocycles. The van der Waals surface area contributed by atoms with E-state index in [2.05, 4.69) is 22.2 Å². The molecule has 16 nitrogen and oxygen atoms in total. The van der Waals surface area contributed by atoms with Gasteiger partial charge in [-0.1, -0.05) is 84.0 Å². The van der Waals surface area contributed by atoms with Gasteiger partial charge in [0.25, 0.3) is 5.56 Å². The summed E-state index contributed by atoms with van der Waals surface area (Å²) in [5.74, 6) is -0.0276. The third-order valence-electron chi connectivity index (χ3n) is 9.51. The van der Waals surface area contributed by atoms with Gasteiger partial charge in [0.2, 0.25) is 5.91 Å². The van der Waals surface area contributed by atoms with Crippen molar-refractivity contribution in [3.05, 3.63) is 55.3 Å². The fraction of sp³-hybridized carbons (Fsp3) is 0.743. The van der Waals surface area contributed by atoms with Crippen LogP contribution in [0.25, 0.3) is 0 Å². The maximum absolute atomic E-state index is 12.8. The molecule has 4 rings (SSSR count). The fourth-order valence-corrected chi connectivity index (χ4v) is 7.53. The Morgan fingerprint density at radius 2 is 1.63 bits per heavy atom. The predicted octanol–water partition coefficient (Wildman–Crippen LogP) is 4.98. The molecule has 2 aromatic heterocycles. The maximum atomic E-state index is 12.8. The van der Waals surface area contributed by atoms with Crippen molar-refractivity contribution in [2.24, 2.45) is 0 Å². The van der Waals surface area contributed by atoms with Crippen molar-refractivity contribution in [3.63, 3.8) is 0 Å². The molecule has 2 fully saturated rings. The predicted molar refractivity (Wildman–Crippen MR) is 193 cm³/mol. The van der Waals surface area contributed by atoms with Crippen molar-refractivity contribution in [3.8, 4) is 0 Å². The number of nitrogens with one attached hydrogen (secondary N) is 2. The van der Waals surface area contributed by atoms with Crippen LogP contribution in [0.1, 0.15) is 134 Å². The van der Waals surface area contributed by atoms with Gasteiger partial charge in [0, 0.05) is 30.8 Å². The number of aliphatic hydroxyl groups excluding tert-OH is 1. The van der Waals surface area contributed by atoms with Crippen molar-refractivity contribution < 1.29 is 37.9 Å². The highest BCUT2D eigenvalue weighted by Gasteiger charge is 2.42. The Balaban J connectivity index is 1.13. The van der Waals surface area contributed by atoms with Crippen LogP contribution < -0.4 is 22.3 Å². The monoisotopic (exact) mass is 753 g/mol. The number of carbonyl (C=O) groups excluding carboxylic acids is 1. The maximum Gasteiger partial charge on any atom is 0.472 e. The number of phosphoric acid groups is 1. The molecule has 2 aliphatic rings. The Morgan fingerprint density at radius 3 is 2.27 bits per heavy atom. The number of aromatic nitrogens is 4. The highest BCUT2D eigenvalue weighted by molar-refractivity contribution is 7.47. The molecule has 52 heavy (non-hydrogen) atoms. The first-order valence-electron chi connectivity index (χ1n) is 18.8. The topological polar surface area (TPSA) is 213 Å². The summed E-state index contributed by atoms with van der Waals surface area (Å²) in [5.41, 5.74) is -1.63. The Morgan fingerprint density at radius 1 is 0.981 bits per heavy atom. The Labute approximate surface area is 303 Å². The van der Waals surface area contributed by atoms with E-state index in [0.717, 1.165) is 23.8 Å². The Kier molecular flexibility index (Phi) is 16.9. The summed E-state index contributed by atoms with van der Waals surface area (Å²) in [6.07, 6.45) is 15.4. The van der Waals surface area contributed by atoms with Crippen LogP contribution in [0.15, 0.2) is 32.8 Å². The van der Waals surface area contributed by atoms with Crippen LogP contribution in [0.5, 0.6) is 0 Å². The highest BCUT2D eigenvalue weighted by atomic mass is 31.2. The second-order valence-corrected chi connectivity index (χ2v) is 15.2. The quantitative estimate of drug-likeness (QED) is 0.0874. The zero-order chi connectivity index (χ0) is 37.5. The van der Waals surface area contributed by atoms with Gasteiger partial charge in [-0.15, -0.1) is 0 Å². The minimum atomic E-state index is -4.67. The summed E-state index contributed by atoms with van der Waals surface area (Å²) in [5, 5.41) is 12.5. The first-order valence-corrected chi connectivity index (χ1v) is 20.3. The van der Waals surface area contributed by atoms with E-state index in [1.807, 2.05) is 0 Å². The molecule has 2 aromatic rings. The molecule has 0 aromatic carbocycles. The molecule has 0 radical (unpaired) electrons. The van der Waals surface area contributed by atoms with Crippen LogP contribution in [0, 0.1) is 6.92 Å². The molecule has 292 valence electrons. The number of aromatic amines is 1. The number of aliphatic hydroxyl groups is 1. The summed E-state index contributed by atoms with van der Waals surface area (Å²) in [4.78, 5) is 65.8. The van der Waals surface area contributed by atoms with Crippen molar-refractivity contribution in [1.29, 1.82) is 0 Å². The van der Waals surface area contributed by atoms with Gasteiger partial charge in [-0.05, 0) is 32.3 Å². The van der Waals surface area contributed by atoms with Crippen molar-refractivity contribution >= 4 is 19.5 Å². The Bertz CT molecular complexity index is 1650. The number of ether oxygens (including phenoxy) is 2. The van der Waals surface area contributed by atoms with Gasteiger partial charge in [-0.3, -0.25) is 32.8 Å². The average molecular weight is 754 g/mol. The van der Waals surface area contributed by atoms with E-state index in [1.54, 1.807) is 0 Å². The SMILES string of the molecule is CCCCCCCCCCCCCCCC(=O)Nc1ccn(C2CCC(COP(=O)(O)OC3CC(n4cc(C)c(=O)[nH]c4=O)OC3CO)O2)c(=O)n1. The van der Waals surface area contributed by atoms with Crippen LogP contribution in [0.4, 0.5) is 5.82 Å². The highest BCUT2D eigenvalue weighted by Crippen LogP contribution is 2.49. The summed E-state index contributed by atoms with van der Waals surface area (Å²) >= 11 is 0. The molecule has 6 unspecified atom stereocenters. The lowest BCUT2D eigenvalue weighted by Gasteiger charge is -2.21. The second kappa shape index (κ2) is 21.0. The van der Waals surface area contributed by atoms with Crippen molar-refractivity contribution in [2.75, 3.05) is 18.5 Å². The van der Waals surface area contributed by atoms with E-state index in [1.165, 1.54) is 94.2 Å². The van der Waals surface area contributed by atoms with Gasteiger partial charge in [-0.25, -0.2) is 14.2 Å². The van der Waals surface area contributed by atoms with Crippen LogP contribution in [-0.4, -0.2) is 66.5 Å². The number of rotatable bonds is 23. The number of anilines is 1. The molecule has 0 spiro atoms. The van der Waals surface area contributed by atoms with Gasteiger partial charge in [0.05, 0.1) is 19.3 Å². The zero-order valence-electron chi connectivity index (χ0n) is 30.4. The summed E-state index contributed by atoms with van der Waals surface area (Å²) in [7, 11) is -4.67. The Hall–Kier alpha value is -2.98. The second-order valence-electron chi connectivity index (χ2n) is 13.8. The number of H-pyrrole nitrogens is 1. The van der Waals surface area contributed by atoms with Crippen molar-refractivity contribution in [1.82, 2.24) is 19.1 Å². The van der Waals surface area contributed by atoms with Crippen LogP contribution >= 0.6 is 7.82 Å². The van der Waals surface area contributed by atoms with Gasteiger partial charge in [0.15, 0.2) is 0 Å². The first-order chi connectivity index (χ1) is 25.0. The molecule has 2 saturated heterocycles. The molecule has 4 heterocycles. The normalized spacial score (nSPS) is 22.8. The van der Waals surface area contributed by atoms with E-state index in [0.29, 0.717) is 19.3 Å². The van der Waals surface area contributed by atoms with Gasteiger partial charge >= 0.3 is 19.2 Å². The number of nitrogens with zero attached hydrogens (tertiary/aromatic N) is 3. The van der Waals surface area contributed by atoms with E-state index >= 15 is 0 Å². The summed E-state index contributed by atoms with van der Waals surface area (Å²) in [6.45, 7) is 2.87. The lowest BCUT2D eigenvalue weighted by Crippen LogP contribution is -2.33. The smallest absolute Gasteiger partial charge is 0.394 e. The number of carbonyl (C=O) groups is 1. The lowest BCUT2D eigenvalue weighted by molar-refractivity contribution is -0.116. The number of amides is 1. The molecule has 6 atom stereocenters. The van der Waals surface area contributed by atoms with Crippen LogP contribution in [0.2, 0.25) is 0 Å². The van der Waals surface area contributed by atoms with Crippen LogP contribution in [0.3, 0.4) is 0 Å². The minimum Gasteiger partial charge on any atom is -0.394 e. The zero-order valence-corrected chi connectivity index (χ0v) is 31.3. The molecular formula is C35H56N5O11P. The van der Waals surface area contributed by atoms with E-state index < -0.39 is 62.1 Å².